The first-order valence-corrected chi connectivity index (χ1v) is 7.60. The largest absolute Gasteiger partial charge is 0.496 e. The molecule has 1 fully saturated rings. The van der Waals surface area contributed by atoms with Crippen LogP contribution >= 0.6 is 0 Å². The zero-order valence-electron chi connectivity index (χ0n) is 13.4. The predicted octanol–water partition coefficient (Wildman–Crippen LogP) is 1.61. The first kappa shape index (κ1) is 15.3. The minimum atomic E-state index is 0.166. The van der Waals surface area contributed by atoms with Crippen molar-refractivity contribution in [2.75, 3.05) is 19.4 Å². The summed E-state index contributed by atoms with van der Waals surface area (Å²) in [6, 6.07) is 7.85. The molecule has 2 heterocycles. The van der Waals surface area contributed by atoms with Gasteiger partial charge in [-0.3, -0.25) is 4.90 Å². The molecular weight excluding hydrogens is 292 g/mol. The quantitative estimate of drug-likeness (QED) is 0.922. The summed E-state index contributed by atoms with van der Waals surface area (Å²) >= 11 is 0. The fourth-order valence-corrected chi connectivity index (χ4v) is 3.03. The van der Waals surface area contributed by atoms with Crippen molar-refractivity contribution in [2.45, 2.75) is 25.4 Å². The molecule has 1 atom stereocenters. The van der Waals surface area contributed by atoms with E-state index >= 15 is 0 Å². The van der Waals surface area contributed by atoms with E-state index in [4.69, 9.17) is 15.7 Å². The number of nitrogen functional groups attached to an aromatic ring is 1. The lowest BCUT2D eigenvalue weighted by atomic mass is 10.1. The molecule has 1 saturated heterocycles. The second-order valence-corrected chi connectivity index (χ2v) is 5.72. The smallest absolute Gasteiger partial charge is 0.218 e. The molecule has 120 valence electrons. The second kappa shape index (κ2) is 6.26. The number of anilines is 1. The van der Waals surface area contributed by atoms with Gasteiger partial charge in [0.15, 0.2) is 5.82 Å². The molecule has 1 aromatic carbocycles. The van der Waals surface area contributed by atoms with Crippen LogP contribution in [0.1, 0.15) is 35.8 Å². The molecule has 0 saturated carbocycles. The molecule has 3 rings (SSSR count). The van der Waals surface area contributed by atoms with Crippen LogP contribution in [0, 0.1) is 11.3 Å². The number of nitriles is 1. The van der Waals surface area contributed by atoms with Crippen molar-refractivity contribution in [1.82, 2.24) is 19.7 Å². The molecule has 2 aromatic rings. The molecule has 7 nitrogen and oxygen atoms in total. The molecule has 0 bridgehead atoms. The zero-order chi connectivity index (χ0) is 16.4. The van der Waals surface area contributed by atoms with E-state index in [0.717, 1.165) is 43.1 Å². The SMILES string of the molecule is COc1cc(C#N)ccc1CN1CCCC1c1nc(N)n(C)n1. The average Bonchev–Trinajstić information content (AvgIpc) is 3.14. The minimum absolute atomic E-state index is 0.166. The lowest BCUT2D eigenvalue weighted by Crippen LogP contribution is -2.24. The zero-order valence-corrected chi connectivity index (χ0v) is 13.4. The fraction of sp³-hybridized carbons (Fsp3) is 0.438. The van der Waals surface area contributed by atoms with Gasteiger partial charge in [-0.05, 0) is 31.5 Å². The third-order valence-corrected chi connectivity index (χ3v) is 4.26. The van der Waals surface area contributed by atoms with Gasteiger partial charge in [0.1, 0.15) is 5.75 Å². The van der Waals surface area contributed by atoms with E-state index in [9.17, 15) is 0 Å². The van der Waals surface area contributed by atoms with E-state index in [0.29, 0.717) is 11.5 Å². The van der Waals surface area contributed by atoms with E-state index in [1.807, 2.05) is 12.1 Å². The number of hydrogen-bond acceptors (Lipinski definition) is 6. The van der Waals surface area contributed by atoms with Gasteiger partial charge in [0.2, 0.25) is 5.95 Å². The number of aromatic nitrogens is 3. The number of ether oxygens (including phenoxy) is 1. The molecule has 0 aliphatic carbocycles. The van der Waals surface area contributed by atoms with Crippen LogP contribution in [0.15, 0.2) is 18.2 Å². The summed E-state index contributed by atoms with van der Waals surface area (Å²) < 4.78 is 7.03. The average molecular weight is 312 g/mol. The maximum atomic E-state index is 9.01. The summed E-state index contributed by atoms with van der Waals surface area (Å²) in [5.74, 6) is 1.95. The molecule has 1 aromatic heterocycles. The Kier molecular flexibility index (Phi) is 4.17. The number of aryl methyl sites for hydroxylation is 1. The first-order chi connectivity index (χ1) is 11.1. The Morgan fingerprint density at radius 3 is 2.96 bits per heavy atom. The number of nitrogens with two attached hydrogens (primary N) is 1. The summed E-state index contributed by atoms with van der Waals surface area (Å²) in [4.78, 5) is 6.70. The number of rotatable bonds is 4. The number of benzene rings is 1. The highest BCUT2D eigenvalue weighted by Crippen LogP contribution is 2.33. The summed E-state index contributed by atoms with van der Waals surface area (Å²) in [7, 11) is 3.43. The van der Waals surface area contributed by atoms with E-state index in [1.54, 1.807) is 24.9 Å². The van der Waals surface area contributed by atoms with E-state index in [-0.39, 0.29) is 6.04 Å². The van der Waals surface area contributed by atoms with Crippen molar-refractivity contribution in [3.63, 3.8) is 0 Å². The normalized spacial score (nSPS) is 18.0. The molecule has 7 heteroatoms. The van der Waals surface area contributed by atoms with Gasteiger partial charge >= 0.3 is 0 Å². The Bertz CT molecular complexity index is 728. The molecule has 1 aliphatic heterocycles. The fourth-order valence-electron chi connectivity index (χ4n) is 3.03. The maximum Gasteiger partial charge on any atom is 0.218 e. The summed E-state index contributed by atoms with van der Waals surface area (Å²) in [6.07, 6.45) is 2.11. The Morgan fingerprint density at radius 2 is 2.30 bits per heavy atom. The summed E-state index contributed by atoms with van der Waals surface area (Å²) in [6.45, 7) is 1.71. The Balaban J connectivity index is 1.83. The molecule has 1 unspecified atom stereocenters. The van der Waals surface area contributed by atoms with Gasteiger partial charge in [0.05, 0.1) is 24.8 Å². The van der Waals surface area contributed by atoms with Crippen molar-refractivity contribution < 1.29 is 4.74 Å². The van der Waals surface area contributed by atoms with Crippen molar-refractivity contribution in [3.05, 3.63) is 35.2 Å². The highest BCUT2D eigenvalue weighted by atomic mass is 16.5. The molecule has 0 radical (unpaired) electrons. The van der Waals surface area contributed by atoms with Crippen LogP contribution in [-0.4, -0.2) is 33.3 Å². The van der Waals surface area contributed by atoms with Crippen molar-refractivity contribution in [1.29, 1.82) is 5.26 Å². The standard InChI is InChI=1S/C16H20N6O/c1-21-16(18)19-15(20-21)13-4-3-7-22(13)10-12-6-5-11(9-17)8-14(12)23-2/h5-6,8,13H,3-4,7,10H2,1-2H3,(H2,18,19,20). The molecule has 1 aliphatic rings. The second-order valence-electron chi connectivity index (χ2n) is 5.72. The Morgan fingerprint density at radius 1 is 1.48 bits per heavy atom. The van der Waals surface area contributed by atoms with Crippen LogP contribution in [0.4, 0.5) is 5.95 Å². The van der Waals surface area contributed by atoms with Gasteiger partial charge in [0.25, 0.3) is 0 Å². The van der Waals surface area contributed by atoms with Crippen LogP contribution in [-0.2, 0) is 13.6 Å². The monoisotopic (exact) mass is 312 g/mol. The number of nitrogens with zero attached hydrogens (tertiary/aromatic N) is 5. The van der Waals surface area contributed by atoms with Crippen molar-refractivity contribution in [2.24, 2.45) is 7.05 Å². The van der Waals surface area contributed by atoms with Gasteiger partial charge < -0.3 is 10.5 Å². The highest BCUT2D eigenvalue weighted by Gasteiger charge is 2.30. The van der Waals surface area contributed by atoms with E-state index < -0.39 is 0 Å². The molecule has 2 N–H and O–H groups in total. The van der Waals surface area contributed by atoms with Gasteiger partial charge in [-0.25, -0.2) is 4.68 Å². The van der Waals surface area contributed by atoms with E-state index in [1.165, 1.54) is 0 Å². The maximum absolute atomic E-state index is 9.01. The van der Waals surface area contributed by atoms with Crippen LogP contribution in [0.25, 0.3) is 0 Å². The summed E-state index contributed by atoms with van der Waals surface area (Å²) in [5, 5.41) is 13.4. The summed E-state index contributed by atoms with van der Waals surface area (Å²) in [5.41, 5.74) is 7.46. The van der Waals surface area contributed by atoms with Gasteiger partial charge in [-0.15, -0.1) is 0 Å². The first-order valence-electron chi connectivity index (χ1n) is 7.60. The van der Waals surface area contributed by atoms with Gasteiger partial charge in [-0.1, -0.05) is 6.07 Å². The predicted molar refractivity (Wildman–Crippen MR) is 85.5 cm³/mol. The highest BCUT2D eigenvalue weighted by molar-refractivity contribution is 5.42. The minimum Gasteiger partial charge on any atom is -0.496 e. The van der Waals surface area contributed by atoms with Gasteiger partial charge in [0, 0.05) is 19.2 Å². The Labute approximate surface area is 135 Å². The molecule has 0 amide bonds. The topological polar surface area (TPSA) is 93.0 Å². The van der Waals surface area contributed by atoms with Crippen LogP contribution in [0.2, 0.25) is 0 Å². The number of hydrogen-bond donors (Lipinski definition) is 1. The lowest BCUT2D eigenvalue weighted by Gasteiger charge is -2.23. The molecule has 23 heavy (non-hydrogen) atoms. The number of methoxy groups -OCH3 is 1. The Hall–Kier alpha value is -2.59. The van der Waals surface area contributed by atoms with Crippen LogP contribution in [0.5, 0.6) is 5.75 Å². The lowest BCUT2D eigenvalue weighted by molar-refractivity contribution is 0.236. The molecule has 0 spiro atoms. The van der Waals surface area contributed by atoms with Crippen LogP contribution in [0.3, 0.4) is 0 Å². The third-order valence-electron chi connectivity index (χ3n) is 4.26. The van der Waals surface area contributed by atoms with Gasteiger partial charge in [-0.2, -0.15) is 15.3 Å². The third kappa shape index (κ3) is 2.98. The van der Waals surface area contributed by atoms with Crippen molar-refractivity contribution >= 4 is 5.95 Å². The number of likely N-dealkylation sites (tertiary alicyclic amines) is 1. The molecular formula is C16H20N6O. The van der Waals surface area contributed by atoms with Crippen molar-refractivity contribution in [3.8, 4) is 11.8 Å². The van der Waals surface area contributed by atoms with E-state index in [2.05, 4.69) is 21.1 Å². The van der Waals surface area contributed by atoms with Crippen LogP contribution < -0.4 is 10.5 Å².